The maximum atomic E-state index is 3.43. The summed E-state index contributed by atoms with van der Waals surface area (Å²) in [7, 11) is 2.11. The lowest BCUT2D eigenvalue weighted by atomic mass is 9.63. The van der Waals surface area contributed by atoms with Crippen LogP contribution in [0.4, 0.5) is 0 Å². The predicted octanol–water partition coefficient (Wildman–Crippen LogP) is 2.03. The average molecular weight is 153 g/mol. The largest absolute Gasteiger partial charge is 0.317 e. The van der Waals surface area contributed by atoms with E-state index >= 15 is 0 Å². The van der Waals surface area contributed by atoms with Gasteiger partial charge in [0, 0.05) is 6.04 Å². The van der Waals surface area contributed by atoms with Crippen LogP contribution >= 0.6 is 0 Å². The molecule has 0 amide bonds. The maximum Gasteiger partial charge on any atom is 0.00981 e. The SMILES string of the molecule is CNC1CC2(C(C)C)CC1C2. The van der Waals surface area contributed by atoms with Crippen LogP contribution in [0.5, 0.6) is 0 Å². The van der Waals surface area contributed by atoms with Crippen LogP contribution in [-0.4, -0.2) is 13.1 Å². The first-order chi connectivity index (χ1) is 5.18. The molecule has 11 heavy (non-hydrogen) atoms. The monoisotopic (exact) mass is 153 g/mol. The van der Waals surface area contributed by atoms with Crippen LogP contribution in [0.3, 0.4) is 0 Å². The number of nitrogens with one attached hydrogen (secondary N) is 1. The van der Waals surface area contributed by atoms with Crippen LogP contribution < -0.4 is 5.32 Å². The molecule has 2 bridgehead atoms. The molecule has 0 radical (unpaired) electrons. The summed E-state index contributed by atoms with van der Waals surface area (Å²) < 4.78 is 0. The molecule has 0 heterocycles. The Kier molecular flexibility index (Phi) is 1.54. The van der Waals surface area contributed by atoms with Crippen molar-refractivity contribution in [1.82, 2.24) is 5.32 Å². The third-order valence-electron chi connectivity index (χ3n) is 4.13. The van der Waals surface area contributed by atoms with Gasteiger partial charge in [-0.15, -0.1) is 0 Å². The standard InChI is InChI=1S/C10H19N/c1-7(2)10-4-8(5-10)9(6-10)11-3/h7-9,11H,4-6H2,1-3H3. The fraction of sp³-hybridized carbons (Fsp3) is 1.00. The quantitative estimate of drug-likeness (QED) is 0.640. The Bertz CT molecular complexity index is 156. The number of hydrogen-bond acceptors (Lipinski definition) is 1. The molecule has 0 aromatic carbocycles. The molecule has 0 aliphatic heterocycles. The number of fused-ring (bicyclic) bond motifs is 1. The smallest absolute Gasteiger partial charge is 0.00981 e. The van der Waals surface area contributed by atoms with E-state index in [0.29, 0.717) is 0 Å². The molecule has 3 aliphatic rings. The Morgan fingerprint density at radius 1 is 1.27 bits per heavy atom. The van der Waals surface area contributed by atoms with Gasteiger partial charge < -0.3 is 5.32 Å². The van der Waals surface area contributed by atoms with Crippen LogP contribution in [0.1, 0.15) is 33.1 Å². The van der Waals surface area contributed by atoms with E-state index < -0.39 is 0 Å². The van der Waals surface area contributed by atoms with Crippen LogP contribution in [-0.2, 0) is 0 Å². The first kappa shape index (κ1) is 7.60. The minimum Gasteiger partial charge on any atom is -0.317 e. The summed E-state index contributed by atoms with van der Waals surface area (Å²) in [6.45, 7) is 4.77. The summed E-state index contributed by atoms with van der Waals surface area (Å²) in [6, 6.07) is 0.845. The molecule has 0 aromatic rings. The highest BCUT2D eigenvalue weighted by Crippen LogP contribution is 2.62. The van der Waals surface area contributed by atoms with Crippen molar-refractivity contribution < 1.29 is 0 Å². The molecule has 3 aliphatic carbocycles. The Balaban J connectivity index is 2.05. The molecule has 0 aromatic heterocycles. The summed E-state index contributed by atoms with van der Waals surface area (Å²) in [5, 5.41) is 3.43. The second kappa shape index (κ2) is 2.22. The van der Waals surface area contributed by atoms with Crippen molar-refractivity contribution in [1.29, 1.82) is 0 Å². The fourth-order valence-electron chi connectivity index (χ4n) is 3.09. The van der Waals surface area contributed by atoms with E-state index in [-0.39, 0.29) is 0 Å². The Labute approximate surface area is 69.6 Å². The Morgan fingerprint density at radius 3 is 2.18 bits per heavy atom. The van der Waals surface area contributed by atoms with Crippen LogP contribution in [0.2, 0.25) is 0 Å². The molecular weight excluding hydrogens is 134 g/mol. The van der Waals surface area contributed by atoms with Gasteiger partial charge in [-0.1, -0.05) is 13.8 Å². The zero-order valence-electron chi connectivity index (χ0n) is 7.85. The number of rotatable bonds is 2. The lowest BCUT2D eigenvalue weighted by molar-refractivity contribution is 0.0807. The molecule has 3 saturated carbocycles. The maximum absolute atomic E-state index is 3.43. The van der Waals surface area contributed by atoms with E-state index in [2.05, 4.69) is 26.2 Å². The van der Waals surface area contributed by atoms with E-state index in [1.165, 1.54) is 19.3 Å². The number of hydrogen-bond donors (Lipinski definition) is 1. The first-order valence-corrected chi connectivity index (χ1v) is 4.85. The Morgan fingerprint density at radius 2 is 1.91 bits per heavy atom. The molecule has 3 fully saturated rings. The van der Waals surface area contributed by atoms with Gasteiger partial charge in [-0.05, 0) is 43.6 Å². The molecule has 64 valence electrons. The lowest BCUT2D eigenvalue weighted by Crippen LogP contribution is -2.34. The van der Waals surface area contributed by atoms with Gasteiger partial charge in [0.15, 0.2) is 0 Å². The van der Waals surface area contributed by atoms with Crippen molar-refractivity contribution in [2.75, 3.05) is 7.05 Å². The first-order valence-electron chi connectivity index (χ1n) is 4.85. The molecule has 0 spiro atoms. The second-order valence-electron chi connectivity index (χ2n) is 4.78. The lowest BCUT2D eigenvalue weighted by Gasteiger charge is -2.42. The normalized spacial score (nSPS) is 48.0. The van der Waals surface area contributed by atoms with E-state index in [9.17, 15) is 0 Å². The molecule has 1 N–H and O–H groups in total. The van der Waals surface area contributed by atoms with E-state index in [1.54, 1.807) is 0 Å². The van der Waals surface area contributed by atoms with Crippen LogP contribution in [0.15, 0.2) is 0 Å². The highest BCUT2D eigenvalue weighted by Gasteiger charge is 2.56. The molecule has 3 rings (SSSR count). The van der Waals surface area contributed by atoms with Crippen molar-refractivity contribution in [3.8, 4) is 0 Å². The van der Waals surface area contributed by atoms with Crippen molar-refractivity contribution in [3.63, 3.8) is 0 Å². The third-order valence-corrected chi connectivity index (χ3v) is 4.13. The van der Waals surface area contributed by atoms with Gasteiger partial charge in [0.05, 0.1) is 0 Å². The van der Waals surface area contributed by atoms with Gasteiger partial charge in [-0.3, -0.25) is 0 Å². The molecular formula is C10H19N. The van der Waals surface area contributed by atoms with Crippen molar-refractivity contribution in [2.24, 2.45) is 17.3 Å². The average Bonchev–Trinajstić information content (AvgIpc) is 2.37. The molecule has 1 atom stereocenters. The van der Waals surface area contributed by atoms with Gasteiger partial charge in [0.1, 0.15) is 0 Å². The van der Waals surface area contributed by atoms with E-state index in [0.717, 1.165) is 23.3 Å². The van der Waals surface area contributed by atoms with E-state index in [1.807, 2.05) is 0 Å². The highest BCUT2D eigenvalue weighted by molar-refractivity contribution is 5.09. The van der Waals surface area contributed by atoms with Crippen molar-refractivity contribution >= 4 is 0 Å². The van der Waals surface area contributed by atoms with Crippen molar-refractivity contribution in [3.05, 3.63) is 0 Å². The highest BCUT2D eigenvalue weighted by atomic mass is 14.9. The topological polar surface area (TPSA) is 12.0 Å². The van der Waals surface area contributed by atoms with Crippen molar-refractivity contribution in [2.45, 2.75) is 39.2 Å². The summed E-state index contributed by atoms with van der Waals surface area (Å²) in [5.41, 5.74) is 0.748. The van der Waals surface area contributed by atoms with Gasteiger partial charge in [-0.25, -0.2) is 0 Å². The summed E-state index contributed by atoms with van der Waals surface area (Å²) in [4.78, 5) is 0. The molecule has 1 unspecified atom stereocenters. The second-order valence-corrected chi connectivity index (χ2v) is 4.78. The van der Waals surface area contributed by atoms with Gasteiger partial charge in [-0.2, -0.15) is 0 Å². The Hall–Kier alpha value is -0.0400. The van der Waals surface area contributed by atoms with Gasteiger partial charge >= 0.3 is 0 Å². The zero-order valence-corrected chi connectivity index (χ0v) is 7.85. The minimum atomic E-state index is 0.748. The zero-order chi connectivity index (χ0) is 8.06. The molecule has 1 nitrogen and oxygen atoms in total. The van der Waals surface area contributed by atoms with Gasteiger partial charge in [0.25, 0.3) is 0 Å². The van der Waals surface area contributed by atoms with E-state index in [4.69, 9.17) is 0 Å². The predicted molar refractivity (Wildman–Crippen MR) is 47.5 cm³/mol. The van der Waals surface area contributed by atoms with Gasteiger partial charge in [0.2, 0.25) is 0 Å². The fourth-order valence-corrected chi connectivity index (χ4v) is 3.09. The summed E-state index contributed by atoms with van der Waals surface area (Å²) >= 11 is 0. The van der Waals surface area contributed by atoms with Crippen LogP contribution in [0.25, 0.3) is 0 Å². The van der Waals surface area contributed by atoms with Crippen LogP contribution in [0, 0.1) is 17.3 Å². The minimum absolute atomic E-state index is 0.748. The molecule has 0 saturated heterocycles. The summed E-state index contributed by atoms with van der Waals surface area (Å²) in [6.07, 6.45) is 4.43. The summed E-state index contributed by atoms with van der Waals surface area (Å²) in [5.74, 6) is 1.92. The third kappa shape index (κ3) is 0.868. The molecule has 1 heteroatoms.